The molecule has 1 fully saturated rings. The van der Waals surface area contributed by atoms with Gasteiger partial charge in [-0.05, 0) is 37.0 Å². The van der Waals surface area contributed by atoms with Crippen molar-refractivity contribution in [3.8, 4) is 6.07 Å². The minimum Gasteiger partial charge on any atom is -0.327 e. The van der Waals surface area contributed by atoms with Crippen LogP contribution in [0.3, 0.4) is 0 Å². The van der Waals surface area contributed by atoms with Gasteiger partial charge in [0, 0.05) is 6.54 Å². The lowest BCUT2D eigenvalue weighted by molar-refractivity contribution is 0.576. The molecule has 0 radical (unpaired) electrons. The van der Waals surface area contributed by atoms with Crippen molar-refractivity contribution in [2.24, 2.45) is 5.92 Å². The Bertz CT molecular complexity index is 635. The number of alkyl halides is 1. The van der Waals surface area contributed by atoms with Gasteiger partial charge < -0.3 is 4.57 Å². The van der Waals surface area contributed by atoms with E-state index in [1.807, 2.05) is 18.2 Å². The highest BCUT2D eigenvalue weighted by atomic mass is 35.5. The summed E-state index contributed by atoms with van der Waals surface area (Å²) in [4.78, 5) is 4.54. The van der Waals surface area contributed by atoms with Crippen LogP contribution in [0.4, 0.5) is 0 Å². The van der Waals surface area contributed by atoms with Crippen molar-refractivity contribution >= 4 is 22.6 Å². The molecule has 19 heavy (non-hydrogen) atoms. The van der Waals surface area contributed by atoms with Crippen molar-refractivity contribution in [3.05, 3.63) is 29.6 Å². The first-order valence-corrected chi connectivity index (χ1v) is 7.30. The zero-order chi connectivity index (χ0) is 13.2. The summed E-state index contributed by atoms with van der Waals surface area (Å²) in [6.07, 6.45) is 5.24. The lowest BCUT2D eigenvalue weighted by Gasteiger charge is -2.07. The number of aromatic nitrogens is 2. The highest BCUT2D eigenvalue weighted by Crippen LogP contribution is 2.33. The first-order chi connectivity index (χ1) is 9.31. The van der Waals surface area contributed by atoms with Crippen LogP contribution in [-0.4, -0.2) is 9.55 Å². The number of fused-ring (bicyclic) bond motifs is 1. The van der Waals surface area contributed by atoms with E-state index in [1.54, 1.807) is 0 Å². The highest BCUT2D eigenvalue weighted by Gasteiger charge is 2.20. The van der Waals surface area contributed by atoms with Gasteiger partial charge in [0.2, 0.25) is 0 Å². The molecule has 4 heteroatoms. The minimum atomic E-state index is 0.417. The summed E-state index contributed by atoms with van der Waals surface area (Å²) in [6.45, 7) is 0.948. The van der Waals surface area contributed by atoms with E-state index < -0.39 is 0 Å². The molecule has 0 amide bonds. The Labute approximate surface area is 117 Å². The molecule has 1 heterocycles. The number of hydrogen-bond donors (Lipinski definition) is 0. The first kappa shape index (κ1) is 12.5. The molecular formula is C15H16ClN3. The van der Waals surface area contributed by atoms with Crippen LogP contribution >= 0.6 is 11.6 Å². The molecule has 3 nitrogen and oxygen atoms in total. The monoisotopic (exact) mass is 273 g/mol. The topological polar surface area (TPSA) is 41.6 Å². The highest BCUT2D eigenvalue weighted by molar-refractivity contribution is 6.16. The maximum Gasteiger partial charge on any atom is 0.124 e. The van der Waals surface area contributed by atoms with Gasteiger partial charge in [-0.1, -0.05) is 12.8 Å². The lowest BCUT2D eigenvalue weighted by Crippen LogP contribution is -2.03. The van der Waals surface area contributed by atoms with Gasteiger partial charge in [-0.15, -0.1) is 11.6 Å². The van der Waals surface area contributed by atoms with Crippen LogP contribution < -0.4 is 0 Å². The average molecular weight is 274 g/mol. The Morgan fingerprint density at radius 2 is 2.26 bits per heavy atom. The Morgan fingerprint density at radius 3 is 2.95 bits per heavy atom. The Kier molecular flexibility index (Phi) is 3.44. The van der Waals surface area contributed by atoms with Crippen molar-refractivity contribution in [2.75, 3.05) is 0 Å². The standard InChI is InChI=1S/C15H16ClN3/c16-9-15-18-13-6-5-12(10-17)8-14(13)19(15)7-1-2-11-3-4-11/h5-6,8,11H,1-4,7,9H2. The molecule has 3 rings (SSSR count). The molecule has 1 aromatic heterocycles. The fraction of sp³-hybridized carbons (Fsp3) is 0.467. The largest absolute Gasteiger partial charge is 0.327 e. The average Bonchev–Trinajstić information content (AvgIpc) is 3.20. The second kappa shape index (κ2) is 5.22. The molecule has 1 aromatic carbocycles. The summed E-state index contributed by atoms with van der Waals surface area (Å²) in [7, 11) is 0. The van der Waals surface area contributed by atoms with Crippen molar-refractivity contribution in [1.29, 1.82) is 5.26 Å². The molecule has 1 aliphatic rings. The van der Waals surface area contributed by atoms with E-state index in [2.05, 4.69) is 15.6 Å². The number of benzene rings is 1. The van der Waals surface area contributed by atoms with Crippen LogP contribution in [-0.2, 0) is 12.4 Å². The molecule has 0 spiro atoms. The number of nitriles is 1. The van der Waals surface area contributed by atoms with Gasteiger partial charge in [-0.2, -0.15) is 5.26 Å². The van der Waals surface area contributed by atoms with Crippen molar-refractivity contribution in [3.63, 3.8) is 0 Å². The SMILES string of the molecule is N#Cc1ccc2nc(CCl)n(CCCC3CC3)c2c1. The maximum absolute atomic E-state index is 9.00. The van der Waals surface area contributed by atoms with Gasteiger partial charge in [0.15, 0.2) is 0 Å². The molecule has 0 saturated heterocycles. The lowest BCUT2D eigenvalue weighted by atomic mass is 10.2. The summed E-state index contributed by atoms with van der Waals surface area (Å²) in [5.41, 5.74) is 2.64. The van der Waals surface area contributed by atoms with E-state index in [1.165, 1.54) is 19.3 Å². The van der Waals surface area contributed by atoms with E-state index in [0.29, 0.717) is 11.4 Å². The molecular weight excluding hydrogens is 258 g/mol. The second-order valence-electron chi connectivity index (χ2n) is 5.21. The van der Waals surface area contributed by atoms with Gasteiger partial charge in [0.1, 0.15) is 5.82 Å². The maximum atomic E-state index is 9.00. The number of halogens is 1. The molecule has 1 saturated carbocycles. The number of hydrogen-bond acceptors (Lipinski definition) is 2. The molecule has 0 N–H and O–H groups in total. The van der Waals surface area contributed by atoms with Crippen molar-refractivity contribution in [2.45, 2.75) is 38.1 Å². The van der Waals surface area contributed by atoms with Crippen LogP contribution in [0.2, 0.25) is 0 Å². The predicted molar refractivity (Wildman–Crippen MR) is 76.0 cm³/mol. The summed E-state index contributed by atoms with van der Waals surface area (Å²) >= 11 is 5.98. The van der Waals surface area contributed by atoms with Crippen molar-refractivity contribution < 1.29 is 0 Å². The zero-order valence-corrected chi connectivity index (χ0v) is 11.5. The molecule has 2 aromatic rings. The van der Waals surface area contributed by atoms with E-state index in [4.69, 9.17) is 16.9 Å². The van der Waals surface area contributed by atoms with E-state index in [9.17, 15) is 0 Å². The third-order valence-electron chi connectivity index (χ3n) is 3.77. The minimum absolute atomic E-state index is 0.417. The van der Waals surface area contributed by atoms with Crippen molar-refractivity contribution in [1.82, 2.24) is 9.55 Å². The normalized spacial score (nSPS) is 14.7. The predicted octanol–water partition coefficient (Wildman–Crippen LogP) is 3.84. The summed E-state index contributed by atoms with van der Waals surface area (Å²) in [5, 5.41) is 9.00. The van der Waals surface area contributed by atoms with Gasteiger partial charge >= 0.3 is 0 Å². The van der Waals surface area contributed by atoms with Gasteiger partial charge in [0.25, 0.3) is 0 Å². The van der Waals surface area contributed by atoms with Crippen LogP contribution in [0.1, 0.15) is 37.1 Å². The summed E-state index contributed by atoms with van der Waals surface area (Å²) in [5.74, 6) is 2.27. The smallest absolute Gasteiger partial charge is 0.124 e. The van der Waals surface area contributed by atoms with Crippen LogP contribution in [0.5, 0.6) is 0 Å². The number of nitrogens with zero attached hydrogens (tertiary/aromatic N) is 3. The molecule has 98 valence electrons. The number of imidazole rings is 1. The summed E-state index contributed by atoms with van der Waals surface area (Å²) < 4.78 is 2.17. The van der Waals surface area contributed by atoms with Gasteiger partial charge in [-0.3, -0.25) is 0 Å². The molecule has 0 aliphatic heterocycles. The quantitative estimate of drug-likeness (QED) is 0.777. The third-order valence-corrected chi connectivity index (χ3v) is 4.01. The zero-order valence-electron chi connectivity index (χ0n) is 10.8. The molecule has 0 atom stereocenters. The van der Waals surface area contributed by atoms with Gasteiger partial charge in [0.05, 0.1) is 28.5 Å². The van der Waals surface area contributed by atoms with Crippen LogP contribution in [0.25, 0.3) is 11.0 Å². The van der Waals surface area contributed by atoms with E-state index in [0.717, 1.165) is 35.7 Å². The van der Waals surface area contributed by atoms with E-state index in [-0.39, 0.29) is 0 Å². The van der Waals surface area contributed by atoms with Crippen LogP contribution in [0.15, 0.2) is 18.2 Å². The third kappa shape index (κ3) is 2.59. The molecule has 0 bridgehead atoms. The fourth-order valence-electron chi connectivity index (χ4n) is 2.54. The molecule has 0 unspecified atom stereocenters. The van der Waals surface area contributed by atoms with Gasteiger partial charge in [-0.25, -0.2) is 4.98 Å². The second-order valence-corrected chi connectivity index (χ2v) is 5.48. The van der Waals surface area contributed by atoms with E-state index >= 15 is 0 Å². The Morgan fingerprint density at radius 1 is 1.42 bits per heavy atom. The van der Waals surface area contributed by atoms with Crippen LogP contribution in [0, 0.1) is 17.2 Å². The number of rotatable bonds is 5. The summed E-state index contributed by atoms with van der Waals surface area (Å²) in [6, 6.07) is 7.81. The Hall–Kier alpha value is -1.53. The molecule has 1 aliphatic carbocycles. The first-order valence-electron chi connectivity index (χ1n) is 6.77. The number of aryl methyl sites for hydroxylation is 1. The fourth-order valence-corrected chi connectivity index (χ4v) is 2.74. The Balaban J connectivity index is 1.91.